The molecule has 152 valence electrons. The number of anilines is 1. The third-order valence-corrected chi connectivity index (χ3v) is 5.23. The van der Waals surface area contributed by atoms with Crippen molar-refractivity contribution < 1.29 is 9.59 Å². The molecule has 8 nitrogen and oxygen atoms in total. The molecule has 0 bridgehead atoms. The monoisotopic (exact) mass is 404 g/mol. The van der Waals surface area contributed by atoms with E-state index in [4.69, 9.17) is 0 Å². The van der Waals surface area contributed by atoms with Crippen LogP contribution in [0.1, 0.15) is 27.2 Å². The summed E-state index contributed by atoms with van der Waals surface area (Å²) in [7, 11) is 1.86. The lowest BCUT2D eigenvalue weighted by Gasteiger charge is -2.21. The van der Waals surface area contributed by atoms with E-state index in [0.29, 0.717) is 11.7 Å². The number of nitrogens with one attached hydrogen (secondary N) is 2. The van der Waals surface area contributed by atoms with Gasteiger partial charge in [-0.05, 0) is 44.5 Å². The van der Waals surface area contributed by atoms with Crippen LogP contribution in [0.5, 0.6) is 0 Å². The van der Waals surface area contributed by atoms with Gasteiger partial charge in [0, 0.05) is 37.9 Å². The first kappa shape index (κ1) is 21.7. The van der Waals surface area contributed by atoms with Gasteiger partial charge in [-0.25, -0.2) is 4.79 Å². The number of nitrogens with zero attached hydrogens (tertiary/aromatic N) is 4. The molecule has 0 aliphatic carbocycles. The average Bonchev–Trinajstić information content (AvgIpc) is 3.06. The summed E-state index contributed by atoms with van der Waals surface area (Å²) in [5, 5.41) is 13.9. The lowest BCUT2D eigenvalue weighted by atomic mass is 10.2. The second kappa shape index (κ2) is 10.7. The minimum atomic E-state index is -0.473. The van der Waals surface area contributed by atoms with Crippen LogP contribution in [0.4, 0.5) is 10.5 Å². The zero-order chi connectivity index (χ0) is 20.5. The van der Waals surface area contributed by atoms with Gasteiger partial charge in [-0.2, -0.15) is 0 Å². The molecule has 0 aliphatic heterocycles. The molecular formula is C19H28N6O2S. The van der Waals surface area contributed by atoms with Crippen molar-refractivity contribution in [1.29, 1.82) is 0 Å². The molecule has 0 unspecified atom stereocenters. The van der Waals surface area contributed by atoms with Crippen molar-refractivity contribution in [1.82, 2.24) is 25.4 Å². The van der Waals surface area contributed by atoms with Crippen molar-refractivity contribution in [3.8, 4) is 11.4 Å². The molecule has 1 heterocycles. The molecule has 0 saturated heterocycles. The van der Waals surface area contributed by atoms with Crippen LogP contribution < -0.4 is 15.5 Å². The standard InChI is InChI=1S/C19H28N6O2S/c1-5-12-20-18(27)21-16(26)13-28-19-23-22-17(24(19)4)14-8-10-15(11-9-14)25(6-2)7-3/h8-11H,5-7,12-13H2,1-4H3,(H2,20,21,26,27). The predicted molar refractivity (Wildman–Crippen MR) is 113 cm³/mol. The quantitative estimate of drug-likeness (QED) is 0.624. The Morgan fingerprint density at radius 1 is 1.11 bits per heavy atom. The summed E-state index contributed by atoms with van der Waals surface area (Å²) in [5.41, 5.74) is 2.13. The van der Waals surface area contributed by atoms with Gasteiger partial charge >= 0.3 is 6.03 Å². The Labute approximate surface area is 170 Å². The van der Waals surface area contributed by atoms with Gasteiger partial charge < -0.3 is 14.8 Å². The summed E-state index contributed by atoms with van der Waals surface area (Å²) in [6.07, 6.45) is 0.813. The molecule has 2 N–H and O–H groups in total. The molecule has 2 rings (SSSR count). The van der Waals surface area contributed by atoms with Crippen LogP contribution in [0.25, 0.3) is 11.4 Å². The third-order valence-electron chi connectivity index (χ3n) is 4.21. The van der Waals surface area contributed by atoms with Crippen LogP contribution in [-0.2, 0) is 11.8 Å². The highest BCUT2D eigenvalue weighted by Gasteiger charge is 2.14. The number of thioether (sulfide) groups is 1. The molecule has 2 aromatic rings. The predicted octanol–water partition coefficient (Wildman–Crippen LogP) is 2.66. The lowest BCUT2D eigenvalue weighted by Crippen LogP contribution is -2.40. The van der Waals surface area contributed by atoms with E-state index in [9.17, 15) is 9.59 Å². The number of imide groups is 1. The maximum Gasteiger partial charge on any atom is 0.321 e. The number of hydrogen-bond donors (Lipinski definition) is 2. The second-order valence-corrected chi connectivity index (χ2v) is 7.12. The fourth-order valence-electron chi connectivity index (χ4n) is 2.68. The Bertz CT molecular complexity index is 786. The van der Waals surface area contributed by atoms with Crippen molar-refractivity contribution in [3.05, 3.63) is 24.3 Å². The molecule has 28 heavy (non-hydrogen) atoms. The fraction of sp³-hybridized carbons (Fsp3) is 0.474. The third kappa shape index (κ3) is 5.72. The first-order valence-electron chi connectivity index (χ1n) is 9.45. The summed E-state index contributed by atoms with van der Waals surface area (Å²) in [4.78, 5) is 25.7. The molecule has 1 aromatic carbocycles. The summed E-state index contributed by atoms with van der Waals surface area (Å²) in [5.74, 6) is 0.452. The zero-order valence-corrected chi connectivity index (χ0v) is 17.7. The van der Waals surface area contributed by atoms with Gasteiger partial charge in [-0.1, -0.05) is 18.7 Å². The number of carbonyl (C=O) groups is 2. The van der Waals surface area contributed by atoms with Crippen LogP contribution in [0.3, 0.4) is 0 Å². The van der Waals surface area contributed by atoms with Crippen molar-refractivity contribution in [2.75, 3.05) is 30.3 Å². The molecule has 9 heteroatoms. The van der Waals surface area contributed by atoms with E-state index in [1.54, 1.807) is 0 Å². The highest BCUT2D eigenvalue weighted by Crippen LogP contribution is 2.24. The van der Waals surface area contributed by atoms with Gasteiger partial charge in [-0.15, -0.1) is 10.2 Å². The fourth-order valence-corrected chi connectivity index (χ4v) is 3.39. The molecule has 3 amide bonds. The maximum absolute atomic E-state index is 11.9. The second-order valence-electron chi connectivity index (χ2n) is 6.18. The van der Waals surface area contributed by atoms with Gasteiger partial charge in [0.15, 0.2) is 11.0 Å². The van der Waals surface area contributed by atoms with E-state index in [0.717, 1.165) is 30.9 Å². The van der Waals surface area contributed by atoms with E-state index in [2.05, 4.69) is 51.7 Å². The summed E-state index contributed by atoms with van der Waals surface area (Å²) < 4.78 is 1.85. The summed E-state index contributed by atoms with van der Waals surface area (Å²) in [6, 6.07) is 7.73. The zero-order valence-electron chi connectivity index (χ0n) is 16.9. The van der Waals surface area contributed by atoms with E-state index in [-0.39, 0.29) is 11.7 Å². The van der Waals surface area contributed by atoms with Gasteiger partial charge in [0.2, 0.25) is 5.91 Å². The summed E-state index contributed by atoms with van der Waals surface area (Å²) in [6.45, 7) is 8.66. The number of carbonyl (C=O) groups excluding carboxylic acids is 2. The molecule has 1 aromatic heterocycles. The first-order valence-corrected chi connectivity index (χ1v) is 10.4. The minimum absolute atomic E-state index is 0.0897. The topological polar surface area (TPSA) is 92.2 Å². The highest BCUT2D eigenvalue weighted by molar-refractivity contribution is 7.99. The van der Waals surface area contributed by atoms with Crippen LogP contribution >= 0.6 is 11.8 Å². The van der Waals surface area contributed by atoms with Crippen LogP contribution in [0.15, 0.2) is 29.4 Å². The first-order chi connectivity index (χ1) is 13.5. The molecule has 0 atom stereocenters. The molecular weight excluding hydrogens is 376 g/mol. The number of benzene rings is 1. The highest BCUT2D eigenvalue weighted by atomic mass is 32.2. The van der Waals surface area contributed by atoms with Gasteiger partial charge in [0.25, 0.3) is 0 Å². The van der Waals surface area contributed by atoms with E-state index < -0.39 is 6.03 Å². The number of aromatic nitrogens is 3. The number of urea groups is 1. The maximum atomic E-state index is 11.9. The smallest absolute Gasteiger partial charge is 0.321 e. The van der Waals surface area contributed by atoms with Gasteiger partial charge in [0.1, 0.15) is 0 Å². The Hall–Kier alpha value is -2.55. The normalized spacial score (nSPS) is 10.6. The SMILES string of the molecule is CCCNC(=O)NC(=O)CSc1nnc(-c2ccc(N(CC)CC)cc2)n1C. The van der Waals surface area contributed by atoms with Crippen LogP contribution in [-0.4, -0.2) is 52.1 Å². The number of amides is 3. The minimum Gasteiger partial charge on any atom is -0.372 e. The van der Waals surface area contributed by atoms with Gasteiger partial charge in [0.05, 0.1) is 5.75 Å². The van der Waals surface area contributed by atoms with Crippen LogP contribution in [0, 0.1) is 0 Å². The molecule has 0 fully saturated rings. The van der Waals surface area contributed by atoms with Crippen LogP contribution in [0.2, 0.25) is 0 Å². The Morgan fingerprint density at radius 3 is 2.39 bits per heavy atom. The van der Waals surface area contributed by atoms with Crippen molar-refractivity contribution in [2.24, 2.45) is 7.05 Å². The Kier molecular flexibility index (Phi) is 8.31. The van der Waals surface area contributed by atoms with Gasteiger partial charge in [-0.3, -0.25) is 10.1 Å². The Balaban J connectivity index is 1.98. The summed E-state index contributed by atoms with van der Waals surface area (Å²) >= 11 is 1.24. The molecule has 0 aliphatic rings. The van der Waals surface area contributed by atoms with E-state index in [1.807, 2.05) is 30.7 Å². The molecule has 0 spiro atoms. The molecule has 0 saturated carbocycles. The Morgan fingerprint density at radius 2 is 1.79 bits per heavy atom. The van der Waals surface area contributed by atoms with E-state index in [1.165, 1.54) is 17.4 Å². The van der Waals surface area contributed by atoms with Crippen molar-refractivity contribution >= 4 is 29.4 Å². The number of rotatable bonds is 9. The van der Waals surface area contributed by atoms with Crippen molar-refractivity contribution in [2.45, 2.75) is 32.3 Å². The molecule has 0 radical (unpaired) electrons. The lowest BCUT2D eigenvalue weighted by molar-refractivity contribution is -0.117. The van der Waals surface area contributed by atoms with E-state index >= 15 is 0 Å². The largest absolute Gasteiger partial charge is 0.372 e. The van der Waals surface area contributed by atoms with Crippen molar-refractivity contribution in [3.63, 3.8) is 0 Å². The average molecular weight is 405 g/mol. The number of hydrogen-bond acceptors (Lipinski definition) is 6.